The van der Waals surface area contributed by atoms with Gasteiger partial charge < -0.3 is 5.32 Å². The van der Waals surface area contributed by atoms with Crippen molar-refractivity contribution in [2.45, 2.75) is 6.92 Å². The smallest absolute Gasteiger partial charge is 0.290 e. The maximum atomic E-state index is 10.5. The second kappa shape index (κ2) is 5.55. The van der Waals surface area contributed by atoms with Crippen LogP contribution >= 0.6 is 11.8 Å². The number of hydrogen-bond acceptors (Lipinski definition) is 5. The van der Waals surface area contributed by atoms with Crippen molar-refractivity contribution in [1.82, 2.24) is 4.98 Å². The minimum absolute atomic E-state index is 0.0606. The zero-order chi connectivity index (χ0) is 11.3. The second-order valence-electron chi connectivity index (χ2n) is 3.03. The maximum Gasteiger partial charge on any atom is 0.290 e. The first kappa shape index (κ1) is 11.8. The van der Waals surface area contributed by atoms with Crippen molar-refractivity contribution in [3.63, 3.8) is 0 Å². The molecule has 0 saturated carbocycles. The van der Waals surface area contributed by atoms with Gasteiger partial charge in [-0.15, -0.1) is 0 Å². The van der Waals surface area contributed by atoms with E-state index in [4.69, 9.17) is 0 Å². The van der Waals surface area contributed by atoms with Crippen LogP contribution in [0.2, 0.25) is 0 Å². The normalized spacial score (nSPS) is 10.0. The molecule has 0 bridgehead atoms. The molecule has 0 radical (unpaired) electrons. The predicted octanol–water partition coefficient (Wildman–Crippen LogP) is 2.07. The van der Waals surface area contributed by atoms with Crippen LogP contribution in [0.15, 0.2) is 12.3 Å². The van der Waals surface area contributed by atoms with E-state index in [9.17, 15) is 10.1 Å². The first-order valence-electron chi connectivity index (χ1n) is 4.49. The highest BCUT2D eigenvalue weighted by atomic mass is 32.2. The number of rotatable bonds is 5. The minimum Gasteiger partial charge on any atom is -0.369 e. The highest BCUT2D eigenvalue weighted by Gasteiger charge is 2.10. The summed E-state index contributed by atoms with van der Waals surface area (Å²) in [6.07, 6.45) is 3.31. The quantitative estimate of drug-likeness (QED) is 0.474. The van der Waals surface area contributed by atoms with Crippen molar-refractivity contribution in [3.8, 4) is 0 Å². The average molecular weight is 227 g/mol. The SMILES string of the molecule is CSCCNc1cc(C)c([N+](=O)[O-])cn1. The van der Waals surface area contributed by atoms with Gasteiger partial charge in [0.25, 0.3) is 5.69 Å². The van der Waals surface area contributed by atoms with E-state index in [-0.39, 0.29) is 5.69 Å². The summed E-state index contributed by atoms with van der Waals surface area (Å²) >= 11 is 1.73. The summed E-state index contributed by atoms with van der Waals surface area (Å²) in [6.45, 7) is 2.52. The molecule has 15 heavy (non-hydrogen) atoms. The average Bonchev–Trinajstić information content (AvgIpc) is 2.17. The Morgan fingerprint density at radius 3 is 2.93 bits per heavy atom. The number of nitro groups is 1. The number of nitrogens with zero attached hydrogens (tertiary/aromatic N) is 2. The highest BCUT2D eigenvalue weighted by Crippen LogP contribution is 2.18. The first-order chi connectivity index (χ1) is 7.15. The zero-order valence-corrected chi connectivity index (χ0v) is 9.50. The first-order valence-corrected chi connectivity index (χ1v) is 5.88. The van der Waals surface area contributed by atoms with Crippen molar-refractivity contribution in [1.29, 1.82) is 0 Å². The van der Waals surface area contributed by atoms with Gasteiger partial charge in [-0.2, -0.15) is 11.8 Å². The summed E-state index contributed by atoms with van der Waals surface area (Å²) in [7, 11) is 0. The summed E-state index contributed by atoms with van der Waals surface area (Å²) in [5.41, 5.74) is 0.687. The monoisotopic (exact) mass is 227 g/mol. The third-order valence-corrected chi connectivity index (χ3v) is 2.50. The Morgan fingerprint density at radius 1 is 1.67 bits per heavy atom. The van der Waals surface area contributed by atoms with Gasteiger partial charge in [0.1, 0.15) is 12.0 Å². The van der Waals surface area contributed by atoms with Gasteiger partial charge in [0.15, 0.2) is 0 Å². The Bertz CT molecular complexity index is 357. The standard InChI is InChI=1S/C9H13N3O2S/c1-7-5-9(10-3-4-15-2)11-6-8(7)12(13)14/h5-6H,3-4H2,1-2H3,(H,10,11). The second-order valence-corrected chi connectivity index (χ2v) is 4.02. The van der Waals surface area contributed by atoms with Crippen LogP contribution in [0, 0.1) is 17.0 Å². The van der Waals surface area contributed by atoms with E-state index in [1.807, 2.05) is 6.26 Å². The number of aryl methyl sites for hydroxylation is 1. The summed E-state index contributed by atoms with van der Waals surface area (Å²) < 4.78 is 0. The van der Waals surface area contributed by atoms with E-state index < -0.39 is 4.92 Å². The molecule has 0 aliphatic rings. The number of thioether (sulfide) groups is 1. The highest BCUT2D eigenvalue weighted by molar-refractivity contribution is 7.98. The number of aromatic nitrogens is 1. The largest absolute Gasteiger partial charge is 0.369 e. The van der Waals surface area contributed by atoms with Crippen LogP contribution in [0.3, 0.4) is 0 Å². The van der Waals surface area contributed by atoms with Crippen LogP contribution in [0.5, 0.6) is 0 Å². The molecule has 0 atom stereocenters. The van der Waals surface area contributed by atoms with E-state index in [1.165, 1.54) is 6.20 Å². The van der Waals surface area contributed by atoms with E-state index in [0.29, 0.717) is 11.4 Å². The van der Waals surface area contributed by atoms with Crippen LogP contribution < -0.4 is 5.32 Å². The summed E-state index contributed by atoms with van der Waals surface area (Å²) in [5, 5.41) is 13.6. The number of pyridine rings is 1. The summed E-state index contributed by atoms with van der Waals surface area (Å²) in [6, 6.07) is 1.69. The molecule has 1 N–H and O–H groups in total. The molecule has 0 amide bonds. The number of anilines is 1. The molecular formula is C9H13N3O2S. The molecule has 0 fully saturated rings. The van der Waals surface area contributed by atoms with Crippen molar-refractivity contribution < 1.29 is 4.92 Å². The molecule has 1 aromatic rings. The molecule has 6 heteroatoms. The zero-order valence-electron chi connectivity index (χ0n) is 8.69. The molecule has 0 saturated heterocycles. The maximum absolute atomic E-state index is 10.5. The van der Waals surface area contributed by atoms with Crippen LogP contribution in [0.1, 0.15) is 5.56 Å². The Hall–Kier alpha value is -1.30. The Balaban J connectivity index is 2.69. The van der Waals surface area contributed by atoms with E-state index in [0.717, 1.165) is 12.3 Å². The van der Waals surface area contributed by atoms with Gasteiger partial charge in [0.05, 0.1) is 4.92 Å². The lowest BCUT2D eigenvalue weighted by Crippen LogP contribution is -2.06. The number of hydrogen-bond donors (Lipinski definition) is 1. The third kappa shape index (κ3) is 3.39. The molecular weight excluding hydrogens is 214 g/mol. The van der Waals surface area contributed by atoms with Gasteiger partial charge in [0.2, 0.25) is 0 Å². The van der Waals surface area contributed by atoms with Gasteiger partial charge in [-0.05, 0) is 19.2 Å². The molecule has 1 aromatic heterocycles. The lowest BCUT2D eigenvalue weighted by Gasteiger charge is -2.04. The van der Waals surface area contributed by atoms with Crippen LogP contribution in [-0.2, 0) is 0 Å². The summed E-state index contributed by atoms with van der Waals surface area (Å²) in [4.78, 5) is 14.1. The van der Waals surface area contributed by atoms with Crippen molar-refractivity contribution in [2.75, 3.05) is 23.9 Å². The van der Waals surface area contributed by atoms with Crippen LogP contribution in [0.4, 0.5) is 11.5 Å². The molecule has 1 rings (SSSR count). The van der Waals surface area contributed by atoms with Gasteiger partial charge in [-0.1, -0.05) is 0 Å². The molecule has 0 unspecified atom stereocenters. The van der Waals surface area contributed by atoms with E-state index >= 15 is 0 Å². The van der Waals surface area contributed by atoms with Crippen LogP contribution in [-0.4, -0.2) is 28.5 Å². The fourth-order valence-corrected chi connectivity index (χ4v) is 1.42. The Labute approximate surface area is 92.4 Å². The van der Waals surface area contributed by atoms with Crippen molar-refractivity contribution in [2.24, 2.45) is 0 Å². The molecule has 1 heterocycles. The lowest BCUT2D eigenvalue weighted by molar-refractivity contribution is -0.385. The van der Waals surface area contributed by atoms with Gasteiger partial charge in [-0.25, -0.2) is 4.98 Å². The Morgan fingerprint density at radius 2 is 2.40 bits per heavy atom. The third-order valence-electron chi connectivity index (χ3n) is 1.89. The molecule has 5 nitrogen and oxygen atoms in total. The predicted molar refractivity (Wildman–Crippen MR) is 62.5 cm³/mol. The molecule has 0 aliphatic carbocycles. The van der Waals surface area contributed by atoms with E-state index in [2.05, 4.69) is 10.3 Å². The minimum atomic E-state index is -0.423. The topological polar surface area (TPSA) is 68.1 Å². The van der Waals surface area contributed by atoms with E-state index in [1.54, 1.807) is 24.8 Å². The van der Waals surface area contributed by atoms with Gasteiger partial charge in [-0.3, -0.25) is 10.1 Å². The summed E-state index contributed by atoms with van der Waals surface area (Å²) in [5.74, 6) is 1.67. The fourth-order valence-electron chi connectivity index (χ4n) is 1.12. The Kier molecular flexibility index (Phi) is 4.36. The van der Waals surface area contributed by atoms with Crippen LogP contribution in [0.25, 0.3) is 0 Å². The lowest BCUT2D eigenvalue weighted by atomic mass is 10.2. The van der Waals surface area contributed by atoms with Gasteiger partial charge in [0, 0.05) is 17.9 Å². The fraction of sp³-hybridized carbons (Fsp3) is 0.444. The van der Waals surface area contributed by atoms with Crippen molar-refractivity contribution >= 4 is 23.3 Å². The molecule has 0 aromatic carbocycles. The number of nitrogens with one attached hydrogen (secondary N) is 1. The van der Waals surface area contributed by atoms with Crippen molar-refractivity contribution in [3.05, 3.63) is 27.9 Å². The molecule has 82 valence electrons. The van der Waals surface area contributed by atoms with Gasteiger partial charge >= 0.3 is 0 Å². The molecule has 0 spiro atoms. The molecule has 0 aliphatic heterocycles.